The zero-order valence-corrected chi connectivity index (χ0v) is 12.0. The number of aromatic hydroxyl groups is 1. The third kappa shape index (κ3) is 3.27. The van der Waals surface area contributed by atoms with E-state index < -0.39 is 0 Å². The number of Topliss-reactive ketones (excluding diaryl/α,β-unsaturated/α-hetero) is 1. The first kappa shape index (κ1) is 14.3. The molecule has 0 aliphatic rings. The van der Waals surface area contributed by atoms with Gasteiger partial charge in [-0.1, -0.05) is 49.7 Å². The molecule has 0 fully saturated rings. The van der Waals surface area contributed by atoms with Crippen molar-refractivity contribution in [2.75, 3.05) is 0 Å². The first-order valence-corrected chi connectivity index (χ1v) is 7.00. The van der Waals surface area contributed by atoms with Crippen molar-refractivity contribution in [2.24, 2.45) is 0 Å². The molecule has 1 unspecified atom stereocenters. The second-order valence-corrected chi connectivity index (χ2v) is 5.13. The van der Waals surface area contributed by atoms with Crippen LogP contribution in [0.1, 0.15) is 42.9 Å². The molecule has 1 N–H and O–H groups in total. The van der Waals surface area contributed by atoms with E-state index >= 15 is 0 Å². The van der Waals surface area contributed by atoms with Crippen LogP contribution in [0.5, 0.6) is 5.75 Å². The van der Waals surface area contributed by atoms with Crippen molar-refractivity contribution in [1.82, 2.24) is 0 Å². The van der Waals surface area contributed by atoms with Gasteiger partial charge in [-0.2, -0.15) is 0 Å². The van der Waals surface area contributed by atoms with Gasteiger partial charge in [-0.3, -0.25) is 4.79 Å². The van der Waals surface area contributed by atoms with Gasteiger partial charge in [0.05, 0.1) is 5.92 Å². The monoisotopic (exact) mass is 268 g/mol. The van der Waals surface area contributed by atoms with E-state index in [4.69, 9.17) is 0 Å². The predicted octanol–water partition coefficient (Wildman–Crippen LogP) is 4.07. The summed E-state index contributed by atoms with van der Waals surface area (Å²) in [4.78, 5) is 12.0. The van der Waals surface area contributed by atoms with Crippen LogP contribution in [-0.4, -0.2) is 10.9 Å². The molecule has 0 bridgehead atoms. The zero-order chi connectivity index (χ0) is 14.5. The lowest BCUT2D eigenvalue weighted by Crippen LogP contribution is -2.10. The minimum atomic E-state index is -0.257. The Kier molecular flexibility index (Phi) is 4.57. The van der Waals surface area contributed by atoms with Gasteiger partial charge in [0.1, 0.15) is 11.5 Å². The van der Waals surface area contributed by atoms with E-state index in [1.807, 2.05) is 24.3 Å². The molecule has 0 saturated carbocycles. The third-order valence-corrected chi connectivity index (χ3v) is 3.46. The number of rotatable bonds is 5. The number of benzene rings is 2. The van der Waals surface area contributed by atoms with Crippen LogP contribution in [-0.2, 0) is 11.2 Å². The SMILES string of the molecule is CCCc1cccc(C(C(C)=O)c2ccc(O)cc2)c1. The quantitative estimate of drug-likeness (QED) is 0.887. The summed E-state index contributed by atoms with van der Waals surface area (Å²) in [5.41, 5.74) is 3.20. The Bertz CT molecular complexity index is 585. The number of carbonyl (C=O) groups is 1. The Balaban J connectivity index is 2.40. The number of hydrogen-bond donors (Lipinski definition) is 1. The van der Waals surface area contributed by atoms with E-state index in [1.165, 1.54) is 5.56 Å². The van der Waals surface area contributed by atoms with Crippen LogP contribution >= 0.6 is 0 Å². The predicted molar refractivity (Wildman–Crippen MR) is 81.1 cm³/mol. The largest absolute Gasteiger partial charge is 0.508 e. The summed E-state index contributed by atoms with van der Waals surface area (Å²) in [5.74, 6) is 0.0764. The van der Waals surface area contributed by atoms with Crippen LogP contribution in [0.2, 0.25) is 0 Å². The van der Waals surface area contributed by atoms with Gasteiger partial charge in [0.2, 0.25) is 0 Å². The lowest BCUT2D eigenvalue weighted by Gasteiger charge is -2.16. The van der Waals surface area contributed by atoms with E-state index in [-0.39, 0.29) is 17.5 Å². The van der Waals surface area contributed by atoms with Crippen molar-refractivity contribution in [3.63, 3.8) is 0 Å². The molecule has 2 rings (SSSR count). The summed E-state index contributed by atoms with van der Waals surface area (Å²) in [6.07, 6.45) is 2.11. The summed E-state index contributed by atoms with van der Waals surface area (Å²) in [7, 11) is 0. The molecule has 0 aliphatic carbocycles. The van der Waals surface area contributed by atoms with Gasteiger partial charge < -0.3 is 5.11 Å². The number of phenolic OH excluding ortho intramolecular Hbond substituents is 1. The average molecular weight is 268 g/mol. The topological polar surface area (TPSA) is 37.3 Å². The van der Waals surface area contributed by atoms with Gasteiger partial charge in [-0.15, -0.1) is 0 Å². The average Bonchev–Trinajstić information content (AvgIpc) is 2.42. The highest BCUT2D eigenvalue weighted by atomic mass is 16.3. The maximum absolute atomic E-state index is 12.0. The molecular weight excluding hydrogens is 248 g/mol. The molecule has 0 spiro atoms. The van der Waals surface area contributed by atoms with Crippen molar-refractivity contribution in [1.29, 1.82) is 0 Å². The fourth-order valence-corrected chi connectivity index (χ4v) is 2.55. The van der Waals surface area contributed by atoms with Crippen LogP contribution in [0.4, 0.5) is 0 Å². The normalized spacial score (nSPS) is 12.1. The molecule has 0 heterocycles. The molecule has 0 aliphatic heterocycles. The van der Waals surface area contributed by atoms with Gasteiger partial charge in [0, 0.05) is 0 Å². The van der Waals surface area contributed by atoms with Gasteiger partial charge in [0.25, 0.3) is 0 Å². The molecule has 0 radical (unpaired) electrons. The number of phenols is 1. The molecule has 0 amide bonds. The van der Waals surface area contributed by atoms with Crippen molar-refractivity contribution in [3.8, 4) is 5.75 Å². The highest BCUT2D eigenvalue weighted by molar-refractivity contribution is 5.87. The molecule has 20 heavy (non-hydrogen) atoms. The molecular formula is C18H20O2. The summed E-state index contributed by atoms with van der Waals surface area (Å²) in [5, 5.41) is 9.38. The van der Waals surface area contributed by atoms with E-state index in [1.54, 1.807) is 19.1 Å². The van der Waals surface area contributed by atoms with Gasteiger partial charge in [0.15, 0.2) is 0 Å². The highest BCUT2D eigenvalue weighted by Gasteiger charge is 2.19. The first-order chi connectivity index (χ1) is 9.61. The Morgan fingerprint density at radius 3 is 2.40 bits per heavy atom. The smallest absolute Gasteiger partial charge is 0.141 e. The third-order valence-electron chi connectivity index (χ3n) is 3.46. The second-order valence-electron chi connectivity index (χ2n) is 5.13. The Hall–Kier alpha value is -2.09. The van der Waals surface area contributed by atoms with Crippen LogP contribution in [0.15, 0.2) is 48.5 Å². The van der Waals surface area contributed by atoms with Crippen LogP contribution in [0.3, 0.4) is 0 Å². The summed E-state index contributed by atoms with van der Waals surface area (Å²) in [6, 6.07) is 15.1. The Morgan fingerprint density at radius 2 is 1.80 bits per heavy atom. The fourth-order valence-electron chi connectivity index (χ4n) is 2.55. The van der Waals surface area contributed by atoms with Gasteiger partial charge in [-0.25, -0.2) is 0 Å². The molecule has 2 nitrogen and oxygen atoms in total. The summed E-state index contributed by atoms with van der Waals surface area (Å²) < 4.78 is 0. The van der Waals surface area contributed by atoms with E-state index in [9.17, 15) is 9.90 Å². The zero-order valence-electron chi connectivity index (χ0n) is 12.0. The first-order valence-electron chi connectivity index (χ1n) is 7.00. The van der Waals surface area contributed by atoms with Gasteiger partial charge >= 0.3 is 0 Å². The molecule has 2 aromatic rings. The Morgan fingerprint density at radius 1 is 1.10 bits per heavy atom. The molecule has 0 aromatic heterocycles. The van der Waals surface area contributed by atoms with Crippen molar-refractivity contribution < 1.29 is 9.90 Å². The standard InChI is InChI=1S/C18H20O2/c1-3-5-14-6-4-7-16(12-14)18(13(2)19)15-8-10-17(20)11-9-15/h4,6-12,18,20H,3,5H2,1-2H3. The molecule has 104 valence electrons. The fraction of sp³-hybridized carbons (Fsp3) is 0.278. The summed E-state index contributed by atoms with van der Waals surface area (Å²) in [6.45, 7) is 3.76. The Labute approximate surface area is 120 Å². The lowest BCUT2D eigenvalue weighted by molar-refractivity contribution is -0.117. The van der Waals surface area contributed by atoms with E-state index in [0.717, 1.165) is 24.0 Å². The van der Waals surface area contributed by atoms with Crippen molar-refractivity contribution in [2.45, 2.75) is 32.6 Å². The number of carbonyl (C=O) groups excluding carboxylic acids is 1. The number of aryl methyl sites for hydroxylation is 1. The van der Waals surface area contributed by atoms with Crippen molar-refractivity contribution in [3.05, 3.63) is 65.2 Å². The van der Waals surface area contributed by atoms with Crippen molar-refractivity contribution >= 4 is 5.78 Å². The molecule has 0 saturated heterocycles. The van der Waals surface area contributed by atoms with E-state index in [2.05, 4.69) is 19.1 Å². The van der Waals surface area contributed by atoms with E-state index in [0.29, 0.717) is 0 Å². The van der Waals surface area contributed by atoms with Crippen LogP contribution in [0, 0.1) is 0 Å². The molecule has 2 aromatic carbocycles. The van der Waals surface area contributed by atoms with Crippen LogP contribution in [0.25, 0.3) is 0 Å². The molecule has 2 heteroatoms. The lowest BCUT2D eigenvalue weighted by atomic mass is 9.87. The highest BCUT2D eigenvalue weighted by Crippen LogP contribution is 2.27. The van der Waals surface area contributed by atoms with Crippen LogP contribution < -0.4 is 0 Å². The summed E-state index contributed by atoms with van der Waals surface area (Å²) >= 11 is 0. The molecule has 1 atom stereocenters. The second kappa shape index (κ2) is 6.38. The minimum absolute atomic E-state index is 0.115. The van der Waals surface area contributed by atoms with Gasteiger partial charge in [-0.05, 0) is 42.2 Å². The number of ketones is 1. The maximum atomic E-state index is 12.0. The maximum Gasteiger partial charge on any atom is 0.141 e. The minimum Gasteiger partial charge on any atom is -0.508 e. The number of hydrogen-bond acceptors (Lipinski definition) is 2.